The molecule has 2 unspecified atom stereocenters. The molecule has 106 valence electrons. The third-order valence-corrected chi connectivity index (χ3v) is 3.60. The van der Waals surface area contributed by atoms with Gasteiger partial charge in [-0.05, 0) is 45.6 Å². The second-order valence-electron chi connectivity index (χ2n) is 4.95. The van der Waals surface area contributed by atoms with Crippen molar-refractivity contribution >= 4 is 5.97 Å². The van der Waals surface area contributed by atoms with Crippen molar-refractivity contribution in [1.82, 2.24) is 4.90 Å². The Balaban J connectivity index is 2.51. The topological polar surface area (TPSA) is 38.8 Å². The van der Waals surface area contributed by atoms with Crippen LogP contribution in [0.15, 0.2) is 0 Å². The Bertz CT molecular complexity index is 245. The molecule has 0 aromatic rings. The molecule has 0 N–H and O–H groups in total. The zero-order valence-corrected chi connectivity index (χ0v) is 12.0. The van der Waals surface area contributed by atoms with E-state index < -0.39 is 0 Å². The van der Waals surface area contributed by atoms with Crippen molar-refractivity contribution in [3.63, 3.8) is 0 Å². The number of nitrogens with zero attached hydrogens (tertiary/aromatic N) is 1. The van der Waals surface area contributed by atoms with Crippen molar-refractivity contribution in [2.45, 2.75) is 58.1 Å². The highest BCUT2D eigenvalue weighted by Crippen LogP contribution is 2.25. The van der Waals surface area contributed by atoms with Crippen LogP contribution in [-0.4, -0.2) is 49.8 Å². The van der Waals surface area contributed by atoms with Crippen molar-refractivity contribution in [3.05, 3.63) is 0 Å². The Morgan fingerprint density at radius 1 is 1.33 bits per heavy atom. The van der Waals surface area contributed by atoms with Gasteiger partial charge in [-0.15, -0.1) is 0 Å². The van der Waals surface area contributed by atoms with E-state index >= 15 is 0 Å². The third-order valence-electron chi connectivity index (χ3n) is 3.60. The molecule has 1 aliphatic rings. The number of rotatable bonds is 7. The molecule has 1 fully saturated rings. The first-order chi connectivity index (χ1) is 8.71. The molecule has 1 aliphatic carbocycles. The highest BCUT2D eigenvalue weighted by atomic mass is 16.5. The summed E-state index contributed by atoms with van der Waals surface area (Å²) >= 11 is 0. The summed E-state index contributed by atoms with van der Waals surface area (Å²) in [4.78, 5) is 13.9. The summed E-state index contributed by atoms with van der Waals surface area (Å²) in [5.74, 6) is -0.106. The SMILES string of the molecule is CCCN(CC(=O)OCC)C1CCCC(OC)C1. The van der Waals surface area contributed by atoms with Gasteiger partial charge in [0.1, 0.15) is 0 Å². The Kier molecular flexibility index (Phi) is 7.28. The summed E-state index contributed by atoms with van der Waals surface area (Å²) < 4.78 is 10.5. The van der Waals surface area contributed by atoms with Crippen molar-refractivity contribution < 1.29 is 14.3 Å². The number of hydrogen-bond donors (Lipinski definition) is 0. The molecule has 0 heterocycles. The Morgan fingerprint density at radius 3 is 2.72 bits per heavy atom. The average molecular weight is 257 g/mol. The van der Waals surface area contributed by atoms with Crippen LogP contribution in [0.25, 0.3) is 0 Å². The molecule has 0 aromatic carbocycles. The van der Waals surface area contributed by atoms with Crippen LogP contribution < -0.4 is 0 Å². The van der Waals surface area contributed by atoms with Crippen LogP contribution >= 0.6 is 0 Å². The fourth-order valence-electron chi connectivity index (χ4n) is 2.72. The van der Waals surface area contributed by atoms with Gasteiger partial charge in [-0.3, -0.25) is 9.69 Å². The fourth-order valence-corrected chi connectivity index (χ4v) is 2.72. The van der Waals surface area contributed by atoms with E-state index in [2.05, 4.69) is 11.8 Å². The van der Waals surface area contributed by atoms with E-state index in [1.165, 1.54) is 12.8 Å². The third kappa shape index (κ3) is 4.94. The van der Waals surface area contributed by atoms with Gasteiger partial charge in [0.15, 0.2) is 0 Å². The zero-order chi connectivity index (χ0) is 13.4. The van der Waals surface area contributed by atoms with E-state index in [9.17, 15) is 4.79 Å². The first kappa shape index (κ1) is 15.4. The lowest BCUT2D eigenvalue weighted by Gasteiger charge is -2.36. The van der Waals surface area contributed by atoms with E-state index in [-0.39, 0.29) is 5.97 Å². The summed E-state index contributed by atoms with van der Waals surface area (Å²) in [7, 11) is 1.78. The quantitative estimate of drug-likeness (QED) is 0.656. The molecule has 1 saturated carbocycles. The molecule has 1 rings (SSSR count). The Hall–Kier alpha value is -0.610. The average Bonchev–Trinajstić information content (AvgIpc) is 2.38. The highest BCUT2D eigenvalue weighted by Gasteiger charge is 2.27. The minimum atomic E-state index is -0.106. The molecule has 0 bridgehead atoms. The minimum Gasteiger partial charge on any atom is -0.465 e. The molecule has 0 aromatic heterocycles. The van der Waals surface area contributed by atoms with Crippen LogP contribution in [0.2, 0.25) is 0 Å². The van der Waals surface area contributed by atoms with Gasteiger partial charge in [-0.25, -0.2) is 0 Å². The van der Waals surface area contributed by atoms with Gasteiger partial charge in [0.2, 0.25) is 0 Å². The summed E-state index contributed by atoms with van der Waals surface area (Å²) in [5, 5.41) is 0. The van der Waals surface area contributed by atoms with Gasteiger partial charge in [0.05, 0.1) is 19.3 Å². The number of ether oxygens (including phenoxy) is 2. The van der Waals surface area contributed by atoms with Crippen molar-refractivity contribution in [1.29, 1.82) is 0 Å². The van der Waals surface area contributed by atoms with Crippen molar-refractivity contribution in [2.75, 3.05) is 26.8 Å². The molecule has 0 saturated heterocycles. The number of methoxy groups -OCH3 is 1. The lowest BCUT2D eigenvalue weighted by Crippen LogP contribution is -2.44. The van der Waals surface area contributed by atoms with Crippen LogP contribution in [0.3, 0.4) is 0 Å². The highest BCUT2D eigenvalue weighted by molar-refractivity contribution is 5.71. The standard InChI is InChI=1S/C14H27NO3/c1-4-9-15(11-14(16)18-5-2)12-7-6-8-13(10-12)17-3/h12-13H,4-11H2,1-3H3. The van der Waals surface area contributed by atoms with Crippen LogP contribution in [0.5, 0.6) is 0 Å². The monoisotopic (exact) mass is 257 g/mol. The van der Waals surface area contributed by atoms with Gasteiger partial charge in [0, 0.05) is 13.2 Å². The van der Waals surface area contributed by atoms with Crippen LogP contribution in [0.4, 0.5) is 0 Å². The molecule has 0 amide bonds. The Labute approximate surface area is 111 Å². The maximum absolute atomic E-state index is 11.6. The maximum atomic E-state index is 11.6. The summed E-state index contributed by atoms with van der Waals surface area (Å²) in [6, 6.07) is 0.466. The molecule has 0 radical (unpaired) electrons. The summed E-state index contributed by atoms with van der Waals surface area (Å²) in [6.07, 6.45) is 5.95. The molecular formula is C14H27NO3. The molecule has 2 atom stereocenters. The zero-order valence-electron chi connectivity index (χ0n) is 12.0. The molecule has 0 aliphatic heterocycles. The van der Waals surface area contributed by atoms with E-state index in [0.717, 1.165) is 25.8 Å². The van der Waals surface area contributed by atoms with Crippen LogP contribution in [0, 0.1) is 0 Å². The second-order valence-corrected chi connectivity index (χ2v) is 4.95. The predicted octanol–water partition coefficient (Wildman–Crippen LogP) is 2.22. The van der Waals surface area contributed by atoms with E-state index in [1.807, 2.05) is 6.92 Å². The Morgan fingerprint density at radius 2 is 2.11 bits per heavy atom. The number of hydrogen-bond acceptors (Lipinski definition) is 4. The minimum absolute atomic E-state index is 0.106. The first-order valence-corrected chi connectivity index (χ1v) is 7.13. The molecule has 0 spiro atoms. The van der Waals surface area contributed by atoms with E-state index in [4.69, 9.17) is 9.47 Å². The van der Waals surface area contributed by atoms with Gasteiger partial charge < -0.3 is 9.47 Å². The molecular weight excluding hydrogens is 230 g/mol. The van der Waals surface area contributed by atoms with Crippen molar-refractivity contribution in [2.24, 2.45) is 0 Å². The first-order valence-electron chi connectivity index (χ1n) is 7.13. The van der Waals surface area contributed by atoms with Gasteiger partial charge >= 0.3 is 5.97 Å². The fraction of sp³-hybridized carbons (Fsp3) is 0.929. The molecule has 4 heteroatoms. The summed E-state index contributed by atoms with van der Waals surface area (Å²) in [6.45, 7) is 5.84. The smallest absolute Gasteiger partial charge is 0.320 e. The van der Waals surface area contributed by atoms with E-state index in [1.54, 1.807) is 7.11 Å². The summed E-state index contributed by atoms with van der Waals surface area (Å²) in [5.41, 5.74) is 0. The van der Waals surface area contributed by atoms with Gasteiger partial charge in [-0.1, -0.05) is 6.92 Å². The molecule has 4 nitrogen and oxygen atoms in total. The largest absolute Gasteiger partial charge is 0.465 e. The lowest BCUT2D eigenvalue weighted by molar-refractivity contribution is -0.145. The number of carbonyl (C=O) groups is 1. The second kappa shape index (κ2) is 8.48. The number of esters is 1. The maximum Gasteiger partial charge on any atom is 0.320 e. The van der Waals surface area contributed by atoms with E-state index in [0.29, 0.717) is 25.3 Å². The van der Waals surface area contributed by atoms with Crippen molar-refractivity contribution in [3.8, 4) is 0 Å². The number of carbonyl (C=O) groups excluding carboxylic acids is 1. The van der Waals surface area contributed by atoms with Gasteiger partial charge in [-0.2, -0.15) is 0 Å². The molecule has 18 heavy (non-hydrogen) atoms. The van der Waals surface area contributed by atoms with Crippen LogP contribution in [-0.2, 0) is 14.3 Å². The van der Waals surface area contributed by atoms with Crippen LogP contribution in [0.1, 0.15) is 46.0 Å². The van der Waals surface area contributed by atoms with Gasteiger partial charge in [0.25, 0.3) is 0 Å². The lowest BCUT2D eigenvalue weighted by atomic mass is 9.91. The predicted molar refractivity (Wildman–Crippen MR) is 71.6 cm³/mol. The normalized spacial score (nSPS) is 24.2.